The highest BCUT2D eigenvalue weighted by Crippen LogP contribution is 2.48. The molecule has 37 heavy (non-hydrogen) atoms. The van der Waals surface area contributed by atoms with Crippen molar-refractivity contribution in [2.45, 2.75) is 32.1 Å². The summed E-state index contributed by atoms with van der Waals surface area (Å²) >= 11 is 0. The minimum Gasteiger partial charge on any atom is -0.173 e. The van der Waals surface area contributed by atoms with Gasteiger partial charge in [0.1, 0.15) is 6.72 Å². The predicted octanol–water partition coefficient (Wildman–Crippen LogP) is 7.79. The molecule has 0 saturated heterocycles. The van der Waals surface area contributed by atoms with Crippen LogP contribution in [0.25, 0.3) is 43.8 Å². The first-order chi connectivity index (χ1) is 17.9. The summed E-state index contributed by atoms with van der Waals surface area (Å²) in [4.78, 5) is 0. The SMILES string of the molecule is C=[n+]1ccc2c(ccc3cc(C(C)(C)C)ccc32)c1=C1C=CC2C(=C1)c1ccccc1-c1ccccc12. The second kappa shape index (κ2) is 7.88. The molecule has 1 nitrogen and oxygen atoms in total. The van der Waals surface area contributed by atoms with Gasteiger partial charge in [0.2, 0.25) is 5.35 Å². The fourth-order valence-electron chi connectivity index (χ4n) is 6.18. The van der Waals surface area contributed by atoms with Gasteiger partial charge in [-0.1, -0.05) is 106 Å². The number of fused-ring (bicyclic) bond motifs is 9. The molecule has 4 aromatic carbocycles. The van der Waals surface area contributed by atoms with Crippen molar-refractivity contribution in [1.29, 1.82) is 0 Å². The maximum atomic E-state index is 4.39. The zero-order valence-electron chi connectivity index (χ0n) is 21.6. The topological polar surface area (TPSA) is 5.90 Å². The molecule has 1 aromatic heterocycles. The Hall–Kier alpha value is -4.23. The molecule has 0 fully saturated rings. The van der Waals surface area contributed by atoms with E-state index < -0.39 is 0 Å². The molecular weight excluding hydrogens is 446 g/mol. The Balaban J connectivity index is 1.51. The van der Waals surface area contributed by atoms with E-state index >= 15 is 0 Å². The van der Waals surface area contributed by atoms with Gasteiger partial charge in [0.15, 0.2) is 6.20 Å². The van der Waals surface area contributed by atoms with Gasteiger partial charge >= 0.3 is 0 Å². The first-order valence-corrected chi connectivity index (χ1v) is 13.1. The lowest BCUT2D eigenvalue weighted by molar-refractivity contribution is -0.511. The van der Waals surface area contributed by atoms with Crippen LogP contribution < -0.4 is 9.59 Å². The molecule has 0 aliphatic heterocycles. The van der Waals surface area contributed by atoms with E-state index in [0.717, 1.165) is 5.35 Å². The summed E-state index contributed by atoms with van der Waals surface area (Å²) in [5, 5.41) is 6.22. The predicted molar refractivity (Wildman–Crippen MR) is 156 cm³/mol. The van der Waals surface area contributed by atoms with Gasteiger partial charge in [0, 0.05) is 22.9 Å². The highest BCUT2D eigenvalue weighted by atomic mass is 14.8. The molecule has 1 atom stereocenters. The molecule has 1 heteroatoms. The first-order valence-electron chi connectivity index (χ1n) is 13.1. The Morgan fingerprint density at radius 1 is 0.730 bits per heavy atom. The van der Waals surface area contributed by atoms with Gasteiger partial charge in [-0.05, 0) is 61.7 Å². The summed E-state index contributed by atoms with van der Waals surface area (Å²) in [7, 11) is 0. The molecule has 0 amide bonds. The average molecular weight is 477 g/mol. The molecule has 1 heterocycles. The fourth-order valence-corrected chi connectivity index (χ4v) is 6.18. The number of benzene rings is 4. The van der Waals surface area contributed by atoms with Crippen molar-refractivity contribution in [3.05, 3.63) is 138 Å². The van der Waals surface area contributed by atoms with Crippen molar-refractivity contribution in [2.24, 2.45) is 0 Å². The smallest absolute Gasteiger partial charge is 0.173 e. The summed E-state index contributed by atoms with van der Waals surface area (Å²) in [5.74, 6) is 0.264. The average Bonchev–Trinajstić information content (AvgIpc) is 2.92. The normalized spacial score (nSPS) is 17.8. The Morgan fingerprint density at radius 2 is 1.46 bits per heavy atom. The van der Waals surface area contributed by atoms with Crippen molar-refractivity contribution >= 4 is 32.7 Å². The highest BCUT2D eigenvalue weighted by Gasteiger charge is 2.29. The van der Waals surface area contributed by atoms with E-state index in [4.69, 9.17) is 0 Å². The molecule has 2 aliphatic carbocycles. The van der Waals surface area contributed by atoms with Crippen molar-refractivity contribution < 1.29 is 4.24 Å². The van der Waals surface area contributed by atoms with Gasteiger partial charge in [-0.3, -0.25) is 0 Å². The number of hydrogen-bond donors (Lipinski definition) is 0. The number of nitrogens with zero attached hydrogens (tertiary/aromatic N) is 1. The third-order valence-electron chi connectivity index (χ3n) is 8.10. The first kappa shape index (κ1) is 22.0. The van der Waals surface area contributed by atoms with E-state index in [2.05, 4.69) is 137 Å². The van der Waals surface area contributed by atoms with Crippen LogP contribution in [0.5, 0.6) is 0 Å². The highest BCUT2D eigenvalue weighted by molar-refractivity contribution is 6.08. The zero-order chi connectivity index (χ0) is 25.3. The Labute approximate surface area is 218 Å². The van der Waals surface area contributed by atoms with E-state index in [1.165, 1.54) is 60.5 Å². The van der Waals surface area contributed by atoms with Gasteiger partial charge < -0.3 is 0 Å². The van der Waals surface area contributed by atoms with Crippen molar-refractivity contribution in [2.75, 3.05) is 0 Å². The van der Waals surface area contributed by atoms with Crippen LogP contribution in [0.1, 0.15) is 43.4 Å². The third kappa shape index (κ3) is 3.34. The molecule has 7 rings (SSSR count). The van der Waals surface area contributed by atoms with Crippen LogP contribution in [0.3, 0.4) is 0 Å². The molecule has 0 saturated carbocycles. The molecule has 0 spiro atoms. The van der Waals surface area contributed by atoms with Gasteiger partial charge in [-0.2, -0.15) is 4.24 Å². The van der Waals surface area contributed by atoms with Crippen LogP contribution in [0, 0.1) is 6.72 Å². The van der Waals surface area contributed by atoms with Crippen LogP contribution in [0.15, 0.2) is 109 Å². The molecule has 1 unspecified atom stereocenters. The lowest BCUT2D eigenvalue weighted by Crippen LogP contribution is -2.37. The van der Waals surface area contributed by atoms with Crippen LogP contribution in [0.2, 0.25) is 0 Å². The number of pyridine rings is 1. The molecular formula is C36H30N+. The molecule has 2 aliphatic rings. The minimum absolute atomic E-state index is 0.127. The van der Waals surface area contributed by atoms with Gasteiger partial charge in [-0.15, -0.1) is 0 Å². The van der Waals surface area contributed by atoms with Gasteiger partial charge in [0.25, 0.3) is 0 Å². The Kier molecular flexibility index (Phi) is 4.69. The lowest BCUT2D eigenvalue weighted by atomic mass is 9.73. The quantitative estimate of drug-likeness (QED) is 0.159. The lowest BCUT2D eigenvalue weighted by Gasteiger charge is -2.30. The molecule has 178 valence electrons. The third-order valence-corrected chi connectivity index (χ3v) is 8.10. The van der Waals surface area contributed by atoms with Crippen LogP contribution in [-0.2, 0) is 5.41 Å². The van der Waals surface area contributed by atoms with Gasteiger partial charge in [0.05, 0.1) is 5.39 Å². The van der Waals surface area contributed by atoms with E-state index in [9.17, 15) is 0 Å². The maximum absolute atomic E-state index is 4.39. The Morgan fingerprint density at radius 3 is 2.27 bits per heavy atom. The minimum atomic E-state index is 0.127. The molecule has 0 N–H and O–H groups in total. The van der Waals surface area contributed by atoms with Crippen LogP contribution >= 0.6 is 0 Å². The molecule has 0 bridgehead atoms. The van der Waals surface area contributed by atoms with Crippen molar-refractivity contribution in [3.8, 4) is 11.1 Å². The molecule has 5 aromatic rings. The van der Waals surface area contributed by atoms with E-state index in [0.29, 0.717) is 0 Å². The van der Waals surface area contributed by atoms with E-state index in [1.54, 1.807) is 0 Å². The monoisotopic (exact) mass is 476 g/mol. The molecule has 0 radical (unpaired) electrons. The standard InChI is InChI=1S/C36H30N/c1-36(2,3)25-15-18-26-23(21-25)13-17-33-32(26)19-20-37(4)35(33)24-14-16-31-29-11-6-5-9-27(29)28-10-7-8-12-30(28)34(31)22-24/h5-22,31H,4H2,1-3H3/q+1. The summed E-state index contributed by atoms with van der Waals surface area (Å²) < 4.78 is 2.03. The van der Waals surface area contributed by atoms with Crippen molar-refractivity contribution in [3.63, 3.8) is 0 Å². The number of hydrogen-bond acceptors (Lipinski definition) is 0. The number of rotatable bonds is 0. The maximum Gasteiger partial charge on any atom is 0.225 e. The number of allylic oxidation sites excluding steroid dienone is 4. The van der Waals surface area contributed by atoms with Gasteiger partial charge in [-0.25, -0.2) is 0 Å². The summed E-state index contributed by atoms with van der Waals surface area (Å²) in [5.41, 5.74) is 9.41. The van der Waals surface area contributed by atoms with E-state index in [-0.39, 0.29) is 11.3 Å². The second-order valence-electron chi connectivity index (χ2n) is 11.4. The van der Waals surface area contributed by atoms with Crippen LogP contribution in [-0.4, -0.2) is 0 Å². The summed E-state index contributed by atoms with van der Waals surface area (Å²) in [6.07, 6.45) is 9.16. The van der Waals surface area contributed by atoms with Crippen molar-refractivity contribution in [1.82, 2.24) is 0 Å². The zero-order valence-corrected chi connectivity index (χ0v) is 21.6. The number of aromatic nitrogens is 1. The fraction of sp³-hybridized carbons (Fsp3) is 0.139. The van der Waals surface area contributed by atoms with Crippen LogP contribution in [0.4, 0.5) is 0 Å². The summed E-state index contributed by atoms with van der Waals surface area (Å²) in [6, 6.07) is 31.3. The largest absolute Gasteiger partial charge is 0.225 e. The van der Waals surface area contributed by atoms with E-state index in [1.807, 2.05) is 4.24 Å². The Bertz CT molecular complexity index is 1930. The summed E-state index contributed by atoms with van der Waals surface area (Å²) in [6.45, 7) is 11.2. The second-order valence-corrected chi connectivity index (χ2v) is 11.4.